The van der Waals surface area contributed by atoms with Crippen LogP contribution in [0.5, 0.6) is 0 Å². The predicted octanol–water partition coefficient (Wildman–Crippen LogP) is 2.95. The van der Waals surface area contributed by atoms with Crippen molar-refractivity contribution in [2.24, 2.45) is 0 Å². The van der Waals surface area contributed by atoms with Gasteiger partial charge in [-0.1, -0.05) is 6.42 Å². The predicted molar refractivity (Wildman–Crippen MR) is 38.2 cm³/mol. The lowest BCUT2D eigenvalue weighted by Crippen LogP contribution is -2.18. The summed E-state index contributed by atoms with van der Waals surface area (Å²) < 4.78 is 35.1. The highest BCUT2D eigenvalue weighted by Gasteiger charge is 2.25. The minimum atomic E-state index is -4.83. The van der Waals surface area contributed by atoms with Crippen molar-refractivity contribution in [3.05, 3.63) is 12.1 Å². The Morgan fingerprint density at radius 3 is 2.20 bits per heavy atom. The lowest BCUT2D eigenvalue weighted by Gasteiger charge is -2.16. The van der Waals surface area contributed by atoms with E-state index >= 15 is 0 Å². The molecule has 0 unspecified atom stereocenters. The second-order valence-electron chi connectivity index (χ2n) is 2.03. The van der Waals surface area contributed by atoms with E-state index in [1.165, 1.54) is 0 Å². The molecule has 0 fully saturated rings. The van der Waals surface area contributed by atoms with Crippen LogP contribution in [0.25, 0.3) is 0 Å². The van der Waals surface area contributed by atoms with E-state index in [-0.39, 0.29) is 12.3 Å². The average Bonchev–Trinajstić information content (AvgIpc) is 1.80. The molecule has 0 radical (unpaired) electrons. The summed E-state index contributed by atoms with van der Waals surface area (Å²) in [5.41, 5.74) is -0.638. The van der Waals surface area contributed by atoms with Gasteiger partial charge in [-0.2, -0.15) is 0 Å². The second kappa shape index (κ2) is 3.91. The van der Waals surface area contributed by atoms with Gasteiger partial charge in [0.15, 0.2) is 0 Å². The molecular weight excluding hydrogens is 163 g/mol. The largest absolute Gasteiger partial charge is 0.505 e. The Labute approximate surface area is 63.1 Å². The number of allylic oxidation sites excluding steroid dienone is 1. The van der Waals surface area contributed by atoms with Gasteiger partial charge in [-0.15, -0.1) is 23.7 Å². The van der Waals surface area contributed by atoms with Gasteiger partial charge in [0, 0.05) is 5.88 Å². The molecule has 0 aliphatic rings. The molecule has 5 heteroatoms. The van der Waals surface area contributed by atoms with Crippen molar-refractivity contribution in [2.75, 3.05) is 5.88 Å². The molecule has 0 nitrogen and oxygen atoms in total. The number of hydrogen-bond donors (Lipinski definition) is 0. The minimum Gasteiger partial charge on any atom is -0.445 e. The van der Waals surface area contributed by atoms with E-state index in [9.17, 15) is 12.9 Å². The average molecular weight is 171 g/mol. The zero-order valence-electron chi connectivity index (χ0n) is 5.42. The van der Waals surface area contributed by atoms with Gasteiger partial charge >= 0.3 is 6.98 Å². The molecule has 0 spiro atoms. The zero-order valence-corrected chi connectivity index (χ0v) is 6.17. The Kier molecular flexibility index (Phi) is 3.87. The van der Waals surface area contributed by atoms with E-state index in [2.05, 4.69) is 6.58 Å². The summed E-state index contributed by atoms with van der Waals surface area (Å²) in [6.45, 7) is -1.92. The summed E-state index contributed by atoms with van der Waals surface area (Å²) in [5, 5.41) is 0. The van der Waals surface area contributed by atoms with Gasteiger partial charge in [0.05, 0.1) is 0 Å². The SMILES string of the molecule is C=C(CCCCl)[B-](F)(F)F. The summed E-state index contributed by atoms with van der Waals surface area (Å²) in [6.07, 6.45) is 0.314. The molecular formula is C5H8BClF3-. The Balaban J connectivity index is 3.64. The number of rotatable bonds is 4. The molecule has 0 rings (SSSR count). The summed E-state index contributed by atoms with van der Waals surface area (Å²) in [7, 11) is 0. The summed E-state index contributed by atoms with van der Waals surface area (Å²) in [4.78, 5) is 0. The van der Waals surface area contributed by atoms with Crippen molar-refractivity contribution in [1.82, 2.24) is 0 Å². The van der Waals surface area contributed by atoms with Crippen molar-refractivity contribution in [3.8, 4) is 0 Å². The van der Waals surface area contributed by atoms with Crippen LogP contribution in [0.1, 0.15) is 12.8 Å². The Bertz CT molecular complexity index is 121. The summed E-state index contributed by atoms with van der Waals surface area (Å²) in [5.74, 6) is 0.255. The molecule has 0 N–H and O–H groups in total. The number of alkyl halides is 1. The van der Waals surface area contributed by atoms with Crippen molar-refractivity contribution < 1.29 is 12.9 Å². The third kappa shape index (κ3) is 3.83. The van der Waals surface area contributed by atoms with Crippen LogP contribution in [-0.4, -0.2) is 12.9 Å². The fourth-order valence-electron chi connectivity index (χ4n) is 0.458. The lowest BCUT2D eigenvalue weighted by atomic mass is 9.78. The van der Waals surface area contributed by atoms with Gasteiger partial charge in [-0.25, -0.2) is 0 Å². The monoisotopic (exact) mass is 171 g/mol. The highest BCUT2D eigenvalue weighted by Crippen LogP contribution is 2.21. The molecule has 0 atom stereocenters. The lowest BCUT2D eigenvalue weighted by molar-refractivity contribution is 0.485. The Morgan fingerprint density at radius 1 is 1.40 bits per heavy atom. The molecule has 0 aromatic carbocycles. The standard InChI is InChI=1S/C5H8BClF3/c1-5(3-2-4-7)6(8,9)10/h1-4H2/q-1. The first-order valence-corrected chi connectivity index (χ1v) is 3.45. The molecule has 0 aliphatic carbocycles. The molecule has 0 heterocycles. The van der Waals surface area contributed by atoms with Crippen LogP contribution in [0.3, 0.4) is 0 Å². The van der Waals surface area contributed by atoms with Crippen LogP contribution in [0.2, 0.25) is 0 Å². The van der Waals surface area contributed by atoms with Crippen molar-refractivity contribution in [2.45, 2.75) is 12.8 Å². The zero-order chi connectivity index (χ0) is 8.20. The van der Waals surface area contributed by atoms with Crippen molar-refractivity contribution >= 4 is 18.6 Å². The third-order valence-corrected chi connectivity index (χ3v) is 1.36. The maximum absolute atomic E-state index is 11.7. The van der Waals surface area contributed by atoms with Crippen LogP contribution in [0.4, 0.5) is 12.9 Å². The maximum atomic E-state index is 11.7. The van der Waals surface area contributed by atoms with Crippen LogP contribution < -0.4 is 0 Å². The second-order valence-corrected chi connectivity index (χ2v) is 2.40. The molecule has 0 amide bonds. The molecule has 0 saturated heterocycles. The fraction of sp³-hybridized carbons (Fsp3) is 0.600. The van der Waals surface area contributed by atoms with Crippen LogP contribution in [0.15, 0.2) is 12.1 Å². The maximum Gasteiger partial charge on any atom is 0.505 e. The highest BCUT2D eigenvalue weighted by molar-refractivity contribution is 6.66. The van der Waals surface area contributed by atoms with Gasteiger partial charge < -0.3 is 12.9 Å². The van der Waals surface area contributed by atoms with E-state index in [1.54, 1.807) is 0 Å². The first-order valence-electron chi connectivity index (χ1n) is 2.92. The highest BCUT2D eigenvalue weighted by atomic mass is 35.5. The van der Waals surface area contributed by atoms with Gasteiger partial charge in [0.25, 0.3) is 0 Å². The van der Waals surface area contributed by atoms with E-state index < -0.39 is 12.4 Å². The van der Waals surface area contributed by atoms with Crippen LogP contribution in [0, 0.1) is 0 Å². The molecule has 0 saturated carbocycles. The fourth-order valence-corrected chi connectivity index (χ4v) is 0.591. The van der Waals surface area contributed by atoms with Gasteiger partial charge in [-0.3, -0.25) is 0 Å². The quantitative estimate of drug-likeness (QED) is 0.451. The Hall–Kier alpha value is -0.115. The molecule has 60 valence electrons. The third-order valence-electron chi connectivity index (χ3n) is 1.09. The number of halogens is 4. The molecule has 10 heavy (non-hydrogen) atoms. The first kappa shape index (κ1) is 9.88. The van der Waals surface area contributed by atoms with E-state index in [1.807, 2.05) is 0 Å². The summed E-state index contributed by atoms with van der Waals surface area (Å²) >= 11 is 5.19. The summed E-state index contributed by atoms with van der Waals surface area (Å²) in [6, 6.07) is 0. The van der Waals surface area contributed by atoms with Crippen LogP contribution >= 0.6 is 11.6 Å². The smallest absolute Gasteiger partial charge is 0.445 e. The van der Waals surface area contributed by atoms with Gasteiger partial charge in [0.2, 0.25) is 0 Å². The van der Waals surface area contributed by atoms with Gasteiger partial charge in [0.1, 0.15) is 0 Å². The van der Waals surface area contributed by atoms with Crippen molar-refractivity contribution in [3.63, 3.8) is 0 Å². The number of hydrogen-bond acceptors (Lipinski definition) is 0. The molecule has 0 aromatic heterocycles. The first-order chi connectivity index (χ1) is 4.48. The van der Waals surface area contributed by atoms with Crippen molar-refractivity contribution in [1.29, 1.82) is 0 Å². The molecule has 0 aromatic rings. The Morgan fingerprint density at radius 2 is 1.90 bits per heavy atom. The van der Waals surface area contributed by atoms with E-state index in [4.69, 9.17) is 11.6 Å². The molecule has 0 bridgehead atoms. The van der Waals surface area contributed by atoms with Gasteiger partial charge in [-0.05, 0) is 6.42 Å². The minimum absolute atomic E-state index is 0.0347. The molecule has 0 aliphatic heterocycles. The van der Waals surface area contributed by atoms with Crippen LogP contribution in [-0.2, 0) is 0 Å². The topological polar surface area (TPSA) is 0 Å². The van der Waals surface area contributed by atoms with E-state index in [0.717, 1.165) is 0 Å². The normalized spacial score (nSPS) is 11.6. The van der Waals surface area contributed by atoms with E-state index in [0.29, 0.717) is 6.42 Å².